The molecule has 4 nitrogen and oxygen atoms in total. The molecule has 148 valence electrons. The molecule has 3 aromatic carbocycles. The second-order valence-electron chi connectivity index (χ2n) is 6.99. The van der Waals surface area contributed by atoms with Gasteiger partial charge >= 0.3 is 5.97 Å². The van der Waals surface area contributed by atoms with Gasteiger partial charge in [0.2, 0.25) is 0 Å². The minimum absolute atomic E-state index is 0.113. The maximum absolute atomic E-state index is 13.8. The van der Waals surface area contributed by atoms with Gasteiger partial charge in [-0.3, -0.25) is 4.79 Å². The molecule has 0 saturated heterocycles. The number of halogens is 1. The third-order valence-corrected chi connectivity index (χ3v) is 4.51. The van der Waals surface area contributed by atoms with Crippen molar-refractivity contribution in [2.24, 2.45) is 5.92 Å². The van der Waals surface area contributed by atoms with E-state index in [9.17, 15) is 14.0 Å². The van der Waals surface area contributed by atoms with Gasteiger partial charge in [0.1, 0.15) is 17.6 Å². The number of hydrogen-bond donors (Lipinski definition) is 1. The van der Waals surface area contributed by atoms with Gasteiger partial charge in [0.05, 0.1) is 5.56 Å². The van der Waals surface area contributed by atoms with Crippen molar-refractivity contribution in [2.75, 3.05) is 0 Å². The molecule has 0 radical (unpaired) electrons. The van der Waals surface area contributed by atoms with Crippen LogP contribution >= 0.6 is 0 Å². The molecule has 0 unspecified atom stereocenters. The number of amides is 1. The Morgan fingerprint density at radius 1 is 0.828 bits per heavy atom. The lowest BCUT2D eigenvalue weighted by Gasteiger charge is -2.21. The first-order valence-corrected chi connectivity index (χ1v) is 9.38. The highest BCUT2D eigenvalue weighted by Gasteiger charge is 2.27. The Hall–Kier alpha value is -3.47. The average Bonchev–Trinajstić information content (AvgIpc) is 2.73. The molecule has 0 aliphatic carbocycles. The molecule has 1 atom stereocenters. The van der Waals surface area contributed by atoms with E-state index in [0.29, 0.717) is 5.75 Å². The maximum Gasteiger partial charge on any atom is 0.334 e. The number of benzene rings is 3. The molecule has 3 aromatic rings. The summed E-state index contributed by atoms with van der Waals surface area (Å²) in [5.74, 6) is -1.75. The van der Waals surface area contributed by atoms with Gasteiger partial charge in [-0.15, -0.1) is 0 Å². The first kappa shape index (κ1) is 20.3. The Morgan fingerprint density at radius 2 is 1.41 bits per heavy atom. The van der Waals surface area contributed by atoms with Crippen LogP contribution in [0.25, 0.3) is 11.1 Å². The van der Waals surface area contributed by atoms with E-state index in [2.05, 4.69) is 5.32 Å². The van der Waals surface area contributed by atoms with Crippen molar-refractivity contribution in [3.05, 3.63) is 90.2 Å². The molecular weight excluding hydrogens is 369 g/mol. The second kappa shape index (κ2) is 9.15. The van der Waals surface area contributed by atoms with E-state index in [-0.39, 0.29) is 11.5 Å². The standard InChI is InChI=1S/C24H22FNO3/c1-16(2)22(26-23(27)20-10-6-7-11-21(20)25)24(28)29-19-14-12-18(13-15-19)17-8-4-3-5-9-17/h3-16,22H,1-2H3,(H,26,27)/t22-/m0/s1. The summed E-state index contributed by atoms with van der Waals surface area (Å²) in [6, 6.07) is 21.7. The highest BCUT2D eigenvalue weighted by atomic mass is 19.1. The van der Waals surface area contributed by atoms with Crippen molar-refractivity contribution in [3.63, 3.8) is 0 Å². The predicted molar refractivity (Wildman–Crippen MR) is 110 cm³/mol. The molecule has 0 aromatic heterocycles. The molecule has 0 heterocycles. The quantitative estimate of drug-likeness (QED) is 0.483. The molecular formula is C24H22FNO3. The van der Waals surface area contributed by atoms with E-state index in [1.165, 1.54) is 18.2 Å². The molecule has 0 bridgehead atoms. The van der Waals surface area contributed by atoms with Crippen LogP contribution < -0.4 is 10.1 Å². The SMILES string of the molecule is CC(C)[C@H](NC(=O)c1ccccc1F)C(=O)Oc1ccc(-c2ccccc2)cc1. The summed E-state index contributed by atoms with van der Waals surface area (Å²) in [7, 11) is 0. The Labute approximate surface area is 169 Å². The van der Waals surface area contributed by atoms with Crippen LogP contribution in [0.2, 0.25) is 0 Å². The van der Waals surface area contributed by atoms with Crippen LogP contribution in [0.5, 0.6) is 5.75 Å². The molecule has 1 N–H and O–H groups in total. The third-order valence-electron chi connectivity index (χ3n) is 4.51. The van der Waals surface area contributed by atoms with Crippen LogP contribution in [0.4, 0.5) is 4.39 Å². The average molecular weight is 391 g/mol. The molecule has 0 saturated carbocycles. The number of hydrogen-bond acceptors (Lipinski definition) is 3. The van der Waals surface area contributed by atoms with E-state index in [1.54, 1.807) is 32.0 Å². The van der Waals surface area contributed by atoms with Gasteiger partial charge in [-0.25, -0.2) is 9.18 Å². The Morgan fingerprint density at radius 3 is 2.03 bits per heavy atom. The largest absolute Gasteiger partial charge is 0.425 e. The molecule has 1 amide bonds. The van der Waals surface area contributed by atoms with Crippen molar-refractivity contribution in [1.29, 1.82) is 0 Å². The first-order chi connectivity index (χ1) is 14.0. The smallest absolute Gasteiger partial charge is 0.334 e. The van der Waals surface area contributed by atoms with Crippen molar-refractivity contribution in [3.8, 4) is 16.9 Å². The fourth-order valence-electron chi connectivity index (χ4n) is 2.89. The van der Waals surface area contributed by atoms with E-state index >= 15 is 0 Å². The number of esters is 1. The minimum Gasteiger partial charge on any atom is -0.425 e. The lowest BCUT2D eigenvalue weighted by Crippen LogP contribution is -2.46. The lowest BCUT2D eigenvalue weighted by atomic mass is 10.0. The Balaban J connectivity index is 1.70. The highest BCUT2D eigenvalue weighted by Crippen LogP contribution is 2.22. The van der Waals surface area contributed by atoms with Gasteiger partial charge in [0.25, 0.3) is 5.91 Å². The predicted octanol–water partition coefficient (Wildman–Crippen LogP) is 4.85. The summed E-state index contributed by atoms with van der Waals surface area (Å²) < 4.78 is 19.3. The molecule has 0 aliphatic heterocycles. The van der Waals surface area contributed by atoms with Gasteiger partial charge in [0.15, 0.2) is 0 Å². The molecule has 0 spiro atoms. The minimum atomic E-state index is -0.907. The normalized spacial score (nSPS) is 11.7. The topological polar surface area (TPSA) is 55.4 Å². The van der Waals surface area contributed by atoms with E-state index in [1.807, 2.05) is 42.5 Å². The molecule has 5 heteroatoms. The van der Waals surface area contributed by atoms with E-state index in [0.717, 1.165) is 11.1 Å². The van der Waals surface area contributed by atoms with E-state index < -0.39 is 23.7 Å². The lowest BCUT2D eigenvalue weighted by molar-refractivity contribution is -0.137. The summed E-state index contributed by atoms with van der Waals surface area (Å²) >= 11 is 0. The van der Waals surface area contributed by atoms with Crippen LogP contribution in [-0.4, -0.2) is 17.9 Å². The van der Waals surface area contributed by atoms with Crippen molar-refractivity contribution in [2.45, 2.75) is 19.9 Å². The first-order valence-electron chi connectivity index (χ1n) is 9.38. The zero-order valence-electron chi connectivity index (χ0n) is 16.3. The fourth-order valence-corrected chi connectivity index (χ4v) is 2.89. The van der Waals surface area contributed by atoms with Gasteiger partial charge in [-0.05, 0) is 41.3 Å². The van der Waals surface area contributed by atoms with Gasteiger partial charge in [-0.2, -0.15) is 0 Å². The van der Waals surface area contributed by atoms with E-state index in [4.69, 9.17) is 4.74 Å². The molecule has 0 fully saturated rings. The number of carbonyl (C=O) groups is 2. The summed E-state index contributed by atoms with van der Waals surface area (Å²) in [6.45, 7) is 3.57. The summed E-state index contributed by atoms with van der Waals surface area (Å²) in [5.41, 5.74) is 1.94. The number of rotatable bonds is 6. The zero-order valence-corrected chi connectivity index (χ0v) is 16.3. The molecule has 29 heavy (non-hydrogen) atoms. The van der Waals surface area contributed by atoms with Gasteiger partial charge in [-0.1, -0.05) is 68.4 Å². The monoisotopic (exact) mass is 391 g/mol. The molecule has 0 aliphatic rings. The second-order valence-corrected chi connectivity index (χ2v) is 6.99. The number of ether oxygens (including phenoxy) is 1. The van der Waals surface area contributed by atoms with Gasteiger partial charge in [0, 0.05) is 0 Å². The van der Waals surface area contributed by atoms with Crippen molar-refractivity contribution in [1.82, 2.24) is 5.32 Å². The van der Waals surface area contributed by atoms with Crippen LogP contribution in [-0.2, 0) is 4.79 Å². The fraction of sp³-hybridized carbons (Fsp3) is 0.167. The number of carbonyl (C=O) groups excluding carboxylic acids is 2. The Kier molecular flexibility index (Phi) is 6.39. The van der Waals surface area contributed by atoms with Gasteiger partial charge < -0.3 is 10.1 Å². The van der Waals surface area contributed by atoms with Crippen LogP contribution in [0.15, 0.2) is 78.9 Å². The highest BCUT2D eigenvalue weighted by molar-refractivity contribution is 5.97. The zero-order chi connectivity index (χ0) is 20.8. The van der Waals surface area contributed by atoms with Crippen LogP contribution in [0.3, 0.4) is 0 Å². The maximum atomic E-state index is 13.8. The van der Waals surface area contributed by atoms with Crippen LogP contribution in [0, 0.1) is 11.7 Å². The summed E-state index contributed by atoms with van der Waals surface area (Å²) in [5, 5.41) is 2.58. The van der Waals surface area contributed by atoms with Crippen molar-refractivity contribution >= 4 is 11.9 Å². The Bertz CT molecular complexity index is 985. The summed E-state index contributed by atoms with van der Waals surface area (Å²) in [6.07, 6.45) is 0. The van der Waals surface area contributed by atoms with Crippen molar-refractivity contribution < 1.29 is 18.7 Å². The third kappa shape index (κ3) is 5.08. The summed E-state index contributed by atoms with van der Waals surface area (Å²) in [4.78, 5) is 25.0. The number of nitrogens with one attached hydrogen (secondary N) is 1. The molecule has 3 rings (SSSR count). The van der Waals surface area contributed by atoms with Crippen LogP contribution in [0.1, 0.15) is 24.2 Å².